The van der Waals surface area contributed by atoms with Crippen LogP contribution in [0.1, 0.15) is 85.5 Å². The summed E-state index contributed by atoms with van der Waals surface area (Å²) < 4.78 is 29.1. The Hall–Kier alpha value is -0.380. The van der Waals surface area contributed by atoms with E-state index in [9.17, 15) is 9.36 Å². The lowest BCUT2D eigenvalue weighted by atomic mass is 10.0. The molecule has 0 N–H and O–H groups in total. The molecule has 0 bridgehead atoms. The molecule has 0 aliphatic heterocycles. The molecule has 0 heterocycles. The second-order valence-electron chi connectivity index (χ2n) is 6.56. The van der Waals surface area contributed by atoms with Crippen LogP contribution in [0.5, 0.6) is 0 Å². The van der Waals surface area contributed by atoms with E-state index in [-0.39, 0.29) is 18.6 Å². The molecule has 0 amide bonds. The molecule has 0 unspecified atom stereocenters. The number of carbonyl (C=O) groups excluding carboxylic acids is 1. The molecule has 0 radical (unpaired) electrons. The third kappa shape index (κ3) is 13.5. The molecule has 0 aromatic rings. The van der Waals surface area contributed by atoms with Gasteiger partial charge in [0.25, 0.3) is 0 Å². The van der Waals surface area contributed by atoms with E-state index in [0.717, 1.165) is 51.4 Å². The van der Waals surface area contributed by atoms with Crippen molar-refractivity contribution in [3.8, 4) is 0 Å². The van der Waals surface area contributed by atoms with Crippen LogP contribution in [0, 0.1) is 5.92 Å². The minimum atomic E-state index is -3.21. The van der Waals surface area contributed by atoms with Gasteiger partial charge in [-0.15, -0.1) is 0 Å². The standard InChI is InChI=1S/C19H39O5P/c1-5-9-12-18(8-4)17-22-19(20)13-16-25(21,23-14-10-6-2)24-15-11-7-3/h18H,5-17H2,1-4H3/t18-/m0/s1. The highest BCUT2D eigenvalue weighted by Gasteiger charge is 2.26. The lowest BCUT2D eigenvalue weighted by molar-refractivity contribution is -0.144. The molecule has 0 fully saturated rings. The van der Waals surface area contributed by atoms with E-state index in [4.69, 9.17) is 13.8 Å². The van der Waals surface area contributed by atoms with Crippen molar-refractivity contribution in [1.29, 1.82) is 0 Å². The fraction of sp³-hybridized carbons (Fsp3) is 0.947. The predicted molar refractivity (Wildman–Crippen MR) is 103 cm³/mol. The van der Waals surface area contributed by atoms with Gasteiger partial charge >= 0.3 is 13.6 Å². The first-order valence-electron chi connectivity index (χ1n) is 10.0. The van der Waals surface area contributed by atoms with Crippen molar-refractivity contribution in [2.45, 2.75) is 85.5 Å². The van der Waals surface area contributed by atoms with Crippen molar-refractivity contribution >= 4 is 13.6 Å². The molecule has 25 heavy (non-hydrogen) atoms. The minimum Gasteiger partial charge on any atom is -0.465 e. The van der Waals surface area contributed by atoms with Gasteiger partial charge < -0.3 is 13.8 Å². The van der Waals surface area contributed by atoms with Crippen molar-refractivity contribution in [1.82, 2.24) is 0 Å². The number of hydrogen-bond donors (Lipinski definition) is 0. The Bertz CT molecular complexity index is 359. The van der Waals surface area contributed by atoms with E-state index in [2.05, 4.69) is 13.8 Å². The number of carbonyl (C=O) groups is 1. The van der Waals surface area contributed by atoms with Crippen molar-refractivity contribution in [2.75, 3.05) is 26.0 Å². The molecule has 0 aromatic heterocycles. The normalized spacial score (nSPS) is 13.0. The van der Waals surface area contributed by atoms with Crippen LogP contribution in [0.15, 0.2) is 0 Å². The fourth-order valence-electron chi connectivity index (χ4n) is 2.27. The van der Waals surface area contributed by atoms with Crippen LogP contribution in [0.2, 0.25) is 0 Å². The summed E-state index contributed by atoms with van der Waals surface area (Å²) in [6, 6.07) is 0. The first-order chi connectivity index (χ1) is 12.0. The van der Waals surface area contributed by atoms with Crippen LogP contribution in [0.3, 0.4) is 0 Å². The quantitative estimate of drug-likeness (QED) is 0.177. The Kier molecular flexibility index (Phi) is 15.6. The topological polar surface area (TPSA) is 61.8 Å². The molecule has 0 rings (SSSR count). The van der Waals surface area contributed by atoms with Gasteiger partial charge in [0.15, 0.2) is 0 Å². The molecule has 0 aliphatic rings. The van der Waals surface area contributed by atoms with E-state index in [1.807, 2.05) is 13.8 Å². The highest BCUT2D eigenvalue weighted by atomic mass is 31.2. The van der Waals surface area contributed by atoms with Gasteiger partial charge in [-0.1, -0.05) is 59.8 Å². The van der Waals surface area contributed by atoms with Crippen LogP contribution >= 0.6 is 7.60 Å². The average molecular weight is 378 g/mol. The van der Waals surface area contributed by atoms with Crippen LogP contribution in [-0.2, 0) is 23.1 Å². The summed E-state index contributed by atoms with van der Waals surface area (Å²) in [5.41, 5.74) is 0. The Balaban J connectivity index is 4.30. The maximum Gasteiger partial charge on any atom is 0.331 e. The molecular weight excluding hydrogens is 339 g/mol. The molecule has 1 atom stereocenters. The van der Waals surface area contributed by atoms with Gasteiger partial charge in [-0.2, -0.15) is 0 Å². The zero-order valence-electron chi connectivity index (χ0n) is 16.8. The highest BCUT2D eigenvalue weighted by molar-refractivity contribution is 7.53. The number of unbranched alkanes of at least 4 members (excludes halogenated alkanes) is 3. The SMILES string of the molecule is CCCCOP(=O)(CCC(=O)OC[C@@H](CC)CCCC)OCCCC. The van der Waals surface area contributed by atoms with Crippen molar-refractivity contribution in [3.63, 3.8) is 0 Å². The van der Waals surface area contributed by atoms with Crippen molar-refractivity contribution in [2.24, 2.45) is 5.92 Å². The summed E-state index contributed by atoms with van der Waals surface area (Å²) in [5, 5.41) is 0. The molecule has 5 nitrogen and oxygen atoms in total. The lowest BCUT2D eigenvalue weighted by Gasteiger charge is -2.19. The second-order valence-corrected chi connectivity index (χ2v) is 8.74. The van der Waals surface area contributed by atoms with Gasteiger partial charge in [-0.25, -0.2) is 0 Å². The van der Waals surface area contributed by atoms with Gasteiger partial charge in [0.1, 0.15) is 0 Å². The number of hydrogen-bond acceptors (Lipinski definition) is 5. The Morgan fingerprint density at radius 3 is 1.96 bits per heavy atom. The molecule has 0 saturated heterocycles. The van der Waals surface area contributed by atoms with Crippen LogP contribution in [0.4, 0.5) is 0 Å². The first-order valence-corrected chi connectivity index (χ1v) is 11.8. The third-order valence-electron chi connectivity index (χ3n) is 4.18. The summed E-state index contributed by atoms with van der Waals surface area (Å²) >= 11 is 0. The van der Waals surface area contributed by atoms with Crippen LogP contribution < -0.4 is 0 Å². The lowest BCUT2D eigenvalue weighted by Crippen LogP contribution is -2.15. The number of esters is 1. The minimum absolute atomic E-state index is 0.0831. The molecule has 0 aromatic carbocycles. The fourth-order valence-corrected chi connectivity index (χ4v) is 3.88. The Morgan fingerprint density at radius 1 is 0.920 bits per heavy atom. The van der Waals surface area contributed by atoms with E-state index in [1.165, 1.54) is 0 Å². The largest absolute Gasteiger partial charge is 0.465 e. The maximum absolute atomic E-state index is 12.8. The Labute approximate surface area is 154 Å². The van der Waals surface area contributed by atoms with E-state index in [0.29, 0.717) is 25.7 Å². The van der Waals surface area contributed by atoms with Gasteiger partial charge in [0.05, 0.1) is 32.4 Å². The van der Waals surface area contributed by atoms with E-state index < -0.39 is 7.60 Å². The van der Waals surface area contributed by atoms with Gasteiger partial charge in [0, 0.05) is 0 Å². The van der Waals surface area contributed by atoms with Crippen molar-refractivity contribution in [3.05, 3.63) is 0 Å². The number of ether oxygens (including phenoxy) is 1. The molecular formula is C19H39O5P. The molecule has 0 saturated carbocycles. The van der Waals surface area contributed by atoms with Gasteiger partial charge in [0.2, 0.25) is 0 Å². The maximum atomic E-state index is 12.8. The summed E-state index contributed by atoms with van der Waals surface area (Å²) in [5.74, 6) is 0.102. The zero-order chi connectivity index (χ0) is 19.0. The summed E-state index contributed by atoms with van der Waals surface area (Å²) in [7, 11) is -3.21. The van der Waals surface area contributed by atoms with Crippen LogP contribution in [-0.4, -0.2) is 32.0 Å². The zero-order valence-corrected chi connectivity index (χ0v) is 17.7. The van der Waals surface area contributed by atoms with Gasteiger partial charge in [-0.3, -0.25) is 9.36 Å². The van der Waals surface area contributed by atoms with E-state index >= 15 is 0 Å². The van der Waals surface area contributed by atoms with Gasteiger partial charge in [-0.05, 0) is 25.2 Å². The molecule has 150 valence electrons. The highest BCUT2D eigenvalue weighted by Crippen LogP contribution is 2.49. The Morgan fingerprint density at radius 2 is 1.48 bits per heavy atom. The molecule has 6 heteroatoms. The number of rotatable bonds is 17. The molecule has 0 aliphatic carbocycles. The van der Waals surface area contributed by atoms with Crippen molar-refractivity contribution < 1.29 is 23.1 Å². The second kappa shape index (κ2) is 15.8. The first kappa shape index (κ1) is 24.6. The average Bonchev–Trinajstić information content (AvgIpc) is 2.61. The third-order valence-corrected chi connectivity index (χ3v) is 6.11. The smallest absolute Gasteiger partial charge is 0.331 e. The predicted octanol–water partition coefficient (Wildman–Crippen LogP) is 5.96. The summed E-state index contributed by atoms with van der Waals surface area (Å²) in [4.78, 5) is 12.0. The van der Waals surface area contributed by atoms with Crippen LogP contribution in [0.25, 0.3) is 0 Å². The summed E-state index contributed by atoms with van der Waals surface area (Å²) in [6.07, 6.45) is 8.18. The monoisotopic (exact) mass is 378 g/mol. The van der Waals surface area contributed by atoms with E-state index in [1.54, 1.807) is 0 Å². The summed E-state index contributed by atoms with van der Waals surface area (Å²) in [6.45, 7) is 9.64. The molecule has 0 spiro atoms.